The summed E-state index contributed by atoms with van der Waals surface area (Å²) < 4.78 is 61.4. The Labute approximate surface area is 332 Å². The second-order valence-electron chi connectivity index (χ2n) is 13.7. The molecule has 0 spiro atoms. The molecule has 1 aliphatic heterocycles. The normalized spacial score (nSPS) is 19.1. The van der Waals surface area contributed by atoms with Gasteiger partial charge in [0.1, 0.15) is 24.4 Å². The number of halogens is 3. The Hall–Kier alpha value is -6.09. The number of amides is 2. The molecular weight excluding hydrogens is 757 g/mol. The molecule has 0 radical (unpaired) electrons. The van der Waals surface area contributed by atoms with Gasteiger partial charge in [-0.3, -0.25) is 9.59 Å². The Morgan fingerprint density at radius 3 is 2.17 bits per heavy atom. The molecule has 2 N–H and O–H groups in total. The third-order valence-electron chi connectivity index (χ3n) is 9.61. The maximum absolute atomic E-state index is 14.5. The van der Waals surface area contributed by atoms with Gasteiger partial charge in [0.2, 0.25) is 17.6 Å². The van der Waals surface area contributed by atoms with Gasteiger partial charge in [0.25, 0.3) is 0 Å². The molecule has 58 heavy (non-hydrogen) atoms. The molecular formula is C44H41F3N2O9. The lowest BCUT2D eigenvalue weighted by atomic mass is 9.90. The first-order chi connectivity index (χ1) is 27.9. The second-order valence-corrected chi connectivity index (χ2v) is 13.7. The van der Waals surface area contributed by atoms with Crippen molar-refractivity contribution in [3.8, 4) is 0 Å². The highest BCUT2D eigenvalue weighted by Gasteiger charge is 2.55. The smallest absolute Gasteiger partial charge is 0.422 e. The van der Waals surface area contributed by atoms with Crippen LogP contribution in [0.25, 0.3) is 6.08 Å². The number of nitrogens with zero attached hydrogens (tertiary/aromatic N) is 1. The van der Waals surface area contributed by atoms with Crippen molar-refractivity contribution in [2.24, 2.45) is 0 Å². The number of fused-ring (bicyclic) bond motifs is 1. The van der Waals surface area contributed by atoms with Gasteiger partial charge in [0.15, 0.2) is 6.61 Å². The molecule has 0 saturated carbocycles. The molecule has 302 valence electrons. The van der Waals surface area contributed by atoms with Gasteiger partial charge >= 0.3 is 18.1 Å². The quantitative estimate of drug-likeness (QED) is 0.125. The molecule has 2 amide bonds. The molecule has 4 atom stereocenters. The number of carbonyl (C=O) groups excluding carboxylic acids is 4. The van der Waals surface area contributed by atoms with Gasteiger partial charge in [-0.25, -0.2) is 9.59 Å². The number of nitrogens with one attached hydrogen (secondary N) is 1. The van der Waals surface area contributed by atoms with Gasteiger partial charge in [-0.2, -0.15) is 13.2 Å². The summed E-state index contributed by atoms with van der Waals surface area (Å²) in [7, 11) is 1.50. The maximum Gasteiger partial charge on any atom is 0.422 e. The Bertz CT molecular complexity index is 2090. The zero-order chi connectivity index (χ0) is 41.3. The molecule has 4 aromatic rings. The number of carbonyl (C=O) groups is 4. The van der Waals surface area contributed by atoms with E-state index in [1.807, 2.05) is 91.0 Å². The molecule has 0 unspecified atom stereocenters. The van der Waals surface area contributed by atoms with Crippen LogP contribution in [0.4, 0.5) is 13.2 Å². The Morgan fingerprint density at radius 2 is 1.55 bits per heavy atom. The fraction of sp³-hybridized carbons (Fsp3) is 0.273. The molecule has 2 aliphatic rings. The van der Waals surface area contributed by atoms with Crippen LogP contribution in [-0.2, 0) is 45.5 Å². The molecule has 1 heterocycles. The molecule has 14 heteroatoms. The number of aliphatic hydroxyl groups excluding tert-OH is 1. The highest BCUT2D eigenvalue weighted by molar-refractivity contribution is 5.97. The van der Waals surface area contributed by atoms with E-state index in [4.69, 9.17) is 14.2 Å². The molecule has 4 aromatic carbocycles. The third kappa shape index (κ3) is 10.1. The fourth-order valence-corrected chi connectivity index (χ4v) is 6.83. The summed E-state index contributed by atoms with van der Waals surface area (Å²) in [6.07, 6.45) is -3.94. The van der Waals surface area contributed by atoms with Crippen molar-refractivity contribution in [1.82, 2.24) is 10.2 Å². The van der Waals surface area contributed by atoms with Crippen molar-refractivity contribution < 1.29 is 56.4 Å². The zero-order valence-corrected chi connectivity index (χ0v) is 31.3. The van der Waals surface area contributed by atoms with Crippen LogP contribution in [-0.4, -0.2) is 91.1 Å². The largest absolute Gasteiger partial charge is 0.456 e. The summed E-state index contributed by atoms with van der Waals surface area (Å²) >= 11 is 0. The maximum atomic E-state index is 14.5. The van der Waals surface area contributed by atoms with Crippen molar-refractivity contribution in [2.75, 3.05) is 26.8 Å². The lowest BCUT2D eigenvalue weighted by Crippen LogP contribution is -2.51. The predicted octanol–water partition coefficient (Wildman–Crippen LogP) is 5.52. The van der Waals surface area contributed by atoms with Crippen LogP contribution in [0.3, 0.4) is 0 Å². The van der Waals surface area contributed by atoms with Crippen LogP contribution in [0.1, 0.15) is 39.0 Å². The van der Waals surface area contributed by atoms with Gasteiger partial charge in [-0.05, 0) is 35.4 Å². The van der Waals surface area contributed by atoms with Crippen LogP contribution in [0.2, 0.25) is 0 Å². The van der Waals surface area contributed by atoms with E-state index in [1.54, 1.807) is 6.08 Å². The first kappa shape index (κ1) is 41.5. The number of rotatable bonds is 14. The average Bonchev–Trinajstić information content (AvgIpc) is 3.65. The third-order valence-corrected chi connectivity index (χ3v) is 9.61. The summed E-state index contributed by atoms with van der Waals surface area (Å²) in [5.41, 5.74) is 2.64. The number of benzene rings is 4. The molecule has 6 rings (SSSR count). The van der Waals surface area contributed by atoms with Gasteiger partial charge in [-0.1, -0.05) is 103 Å². The van der Waals surface area contributed by atoms with Gasteiger partial charge in [-0.15, -0.1) is 0 Å². The summed E-state index contributed by atoms with van der Waals surface area (Å²) in [5.74, 6) is -4.50. The Kier molecular flexibility index (Phi) is 13.2. The zero-order valence-electron chi connectivity index (χ0n) is 31.3. The molecule has 1 saturated heterocycles. The average molecular weight is 799 g/mol. The number of ether oxygens (including phenoxy) is 4. The summed E-state index contributed by atoms with van der Waals surface area (Å²) in [5, 5.41) is 12.1. The second kappa shape index (κ2) is 18.4. The van der Waals surface area contributed by atoms with Gasteiger partial charge in [0.05, 0.1) is 12.2 Å². The SMILES string of the molecule is CN(C(=O)C1=C[C@H]2OC(c3ccccc3)(c3ccccc3)O[C@H]2[C@H](OC(=O)c2cccc(C=CC(=O)OCC(F)(F)F)c2)C1)[C@H](Cc1ccccc1)C(=O)NCCO. The summed E-state index contributed by atoms with van der Waals surface area (Å²) in [6.45, 7) is -2.05. The minimum absolute atomic E-state index is 0.0119. The van der Waals surface area contributed by atoms with Crippen molar-refractivity contribution >= 4 is 29.8 Å². The highest BCUT2D eigenvalue weighted by Crippen LogP contribution is 2.47. The number of esters is 2. The van der Waals surface area contributed by atoms with E-state index in [1.165, 1.54) is 42.3 Å². The molecule has 0 aromatic heterocycles. The van der Waals surface area contributed by atoms with Crippen molar-refractivity contribution in [2.45, 2.75) is 49.2 Å². The molecule has 1 fully saturated rings. The monoisotopic (exact) mass is 798 g/mol. The fourth-order valence-electron chi connectivity index (χ4n) is 6.83. The highest BCUT2D eigenvalue weighted by atomic mass is 19.4. The minimum Gasteiger partial charge on any atom is -0.456 e. The number of alkyl halides is 3. The van der Waals surface area contributed by atoms with Crippen molar-refractivity contribution in [1.29, 1.82) is 0 Å². The van der Waals surface area contributed by atoms with Crippen LogP contribution in [0, 0.1) is 0 Å². The van der Waals surface area contributed by atoms with Crippen LogP contribution >= 0.6 is 0 Å². The van der Waals surface area contributed by atoms with E-state index in [2.05, 4.69) is 10.1 Å². The van der Waals surface area contributed by atoms with Gasteiger partial charge in [0, 0.05) is 49.2 Å². The lowest BCUT2D eigenvalue weighted by Gasteiger charge is -2.33. The van der Waals surface area contributed by atoms with Crippen LogP contribution in [0.5, 0.6) is 0 Å². The number of aliphatic hydroxyl groups is 1. The van der Waals surface area contributed by atoms with Crippen molar-refractivity contribution in [3.05, 3.63) is 161 Å². The van der Waals surface area contributed by atoms with Crippen molar-refractivity contribution in [3.63, 3.8) is 0 Å². The Morgan fingerprint density at radius 1 is 0.914 bits per heavy atom. The van der Waals surface area contributed by atoms with E-state index < -0.39 is 66.7 Å². The Balaban J connectivity index is 1.32. The molecule has 1 aliphatic carbocycles. The first-order valence-electron chi connectivity index (χ1n) is 18.5. The van der Waals surface area contributed by atoms with E-state index in [-0.39, 0.29) is 37.1 Å². The van der Waals surface area contributed by atoms with Gasteiger partial charge < -0.3 is 34.3 Å². The molecule has 11 nitrogen and oxygen atoms in total. The van der Waals surface area contributed by atoms with E-state index in [9.17, 15) is 37.5 Å². The first-order valence-corrected chi connectivity index (χ1v) is 18.5. The van der Waals surface area contributed by atoms with Crippen LogP contribution in [0.15, 0.2) is 133 Å². The van der Waals surface area contributed by atoms with E-state index >= 15 is 0 Å². The predicted molar refractivity (Wildman–Crippen MR) is 205 cm³/mol. The number of likely N-dealkylation sites (N-methyl/N-ethyl adjacent to an activating group) is 1. The lowest BCUT2D eigenvalue weighted by molar-refractivity contribution is -0.182. The topological polar surface area (TPSA) is 141 Å². The number of hydrogen-bond donors (Lipinski definition) is 2. The standard InChI is InChI=1S/C44H41F3N2O9/c1-49(35(40(52)48-22-23-50)25-29-12-5-2-6-13-29)41(53)32-26-36(56-42(54)31-15-11-14-30(24-31)20-21-38(51)55-28-43(45,46)47)39-37(27-32)57-44(58-39,33-16-7-3-8-17-33)34-18-9-4-10-19-34/h2-21,24,27,35-37,39,50H,22-23,25-26,28H2,1H3,(H,48,52)/t35-,36-,37-,39+/m1/s1. The minimum atomic E-state index is -4.69. The van der Waals surface area contributed by atoms with Crippen LogP contribution < -0.4 is 5.32 Å². The summed E-state index contributed by atoms with van der Waals surface area (Å²) in [6, 6.07) is 32.4. The summed E-state index contributed by atoms with van der Waals surface area (Å²) in [4.78, 5) is 54.9. The van der Waals surface area contributed by atoms with E-state index in [0.29, 0.717) is 16.7 Å². The molecule has 0 bridgehead atoms. The van der Waals surface area contributed by atoms with E-state index in [0.717, 1.165) is 11.6 Å². The number of hydrogen-bond acceptors (Lipinski definition) is 9.